The summed E-state index contributed by atoms with van der Waals surface area (Å²) < 4.78 is 0. The molecule has 0 saturated heterocycles. The van der Waals surface area contributed by atoms with Crippen LogP contribution in [0.1, 0.15) is 28.8 Å². The van der Waals surface area contributed by atoms with Gasteiger partial charge in [0.25, 0.3) is 5.56 Å². The van der Waals surface area contributed by atoms with Crippen LogP contribution < -0.4 is 5.56 Å². The molecule has 2 aromatic heterocycles. The number of pyridine rings is 1. The maximum absolute atomic E-state index is 11.6. The fourth-order valence-electron chi connectivity index (χ4n) is 2.42. The minimum absolute atomic E-state index is 0.219. The molecule has 1 aliphatic rings. The van der Waals surface area contributed by atoms with Crippen molar-refractivity contribution < 1.29 is 0 Å². The lowest BCUT2D eigenvalue weighted by Crippen LogP contribution is -2.09. The Kier molecular flexibility index (Phi) is 2.77. The van der Waals surface area contributed by atoms with Crippen molar-refractivity contribution in [3.63, 3.8) is 0 Å². The summed E-state index contributed by atoms with van der Waals surface area (Å²) in [4.78, 5) is 16.6. The molecule has 0 bridgehead atoms. The fraction of sp³-hybridized carbons (Fsp3) is 0.286. The Balaban J connectivity index is 2.16. The van der Waals surface area contributed by atoms with Crippen LogP contribution in [-0.2, 0) is 12.8 Å². The molecular formula is C14H12N2OS. The van der Waals surface area contributed by atoms with Gasteiger partial charge in [-0.3, -0.25) is 4.79 Å². The molecule has 0 unspecified atom stereocenters. The lowest BCUT2D eigenvalue weighted by molar-refractivity contribution is 0.697. The first-order chi connectivity index (χ1) is 8.79. The Bertz CT molecular complexity index is 667. The summed E-state index contributed by atoms with van der Waals surface area (Å²) in [6, 6.07) is 5.97. The fourth-order valence-corrected chi connectivity index (χ4v) is 3.70. The van der Waals surface area contributed by atoms with Crippen LogP contribution in [0.15, 0.2) is 23.1 Å². The van der Waals surface area contributed by atoms with E-state index in [-0.39, 0.29) is 11.1 Å². The van der Waals surface area contributed by atoms with Gasteiger partial charge in [0.05, 0.1) is 0 Å². The van der Waals surface area contributed by atoms with E-state index in [0.717, 1.165) is 23.3 Å². The summed E-state index contributed by atoms with van der Waals surface area (Å²) in [5, 5.41) is 9.10. The van der Waals surface area contributed by atoms with Crippen molar-refractivity contribution in [2.75, 3.05) is 0 Å². The van der Waals surface area contributed by atoms with Gasteiger partial charge in [0, 0.05) is 21.5 Å². The molecule has 0 aliphatic heterocycles. The van der Waals surface area contributed by atoms with Crippen molar-refractivity contribution in [1.82, 2.24) is 4.98 Å². The van der Waals surface area contributed by atoms with Gasteiger partial charge in [0.2, 0.25) is 0 Å². The van der Waals surface area contributed by atoms with Gasteiger partial charge in [0.15, 0.2) is 0 Å². The summed E-state index contributed by atoms with van der Waals surface area (Å²) in [7, 11) is 0. The van der Waals surface area contributed by atoms with Crippen LogP contribution in [0.3, 0.4) is 0 Å². The van der Waals surface area contributed by atoms with Crippen molar-refractivity contribution in [2.24, 2.45) is 0 Å². The van der Waals surface area contributed by atoms with Gasteiger partial charge >= 0.3 is 0 Å². The molecule has 3 nitrogen and oxygen atoms in total. The topological polar surface area (TPSA) is 56.6 Å². The van der Waals surface area contributed by atoms with E-state index in [9.17, 15) is 4.79 Å². The Morgan fingerprint density at radius 3 is 2.94 bits per heavy atom. The quantitative estimate of drug-likeness (QED) is 0.853. The summed E-state index contributed by atoms with van der Waals surface area (Å²) in [6.45, 7) is 0. The number of aryl methyl sites for hydroxylation is 2. The lowest BCUT2D eigenvalue weighted by Gasteiger charge is -2.08. The molecule has 0 amide bonds. The number of aromatic amines is 1. The minimum atomic E-state index is -0.304. The Labute approximate surface area is 109 Å². The van der Waals surface area contributed by atoms with E-state index < -0.39 is 0 Å². The molecule has 2 heterocycles. The van der Waals surface area contributed by atoms with Gasteiger partial charge in [0.1, 0.15) is 11.6 Å². The summed E-state index contributed by atoms with van der Waals surface area (Å²) >= 11 is 1.72. The largest absolute Gasteiger partial charge is 0.328 e. The standard InChI is InChI=1S/C14H12N2OS/c15-8-11-10(5-6-16-14(11)17)13-7-9-3-1-2-4-12(9)18-13/h5-7H,1-4H2,(H,16,17). The smallest absolute Gasteiger partial charge is 0.266 e. The van der Waals surface area contributed by atoms with Crippen molar-refractivity contribution in [1.29, 1.82) is 5.26 Å². The number of fused-ring (bicyclic) bond motifs is 1. The Morgan fingerprint density at radius 2 is 2.17 bits per heavy atom. The normalized spacial score (nSPS) is 13.9. The number of thiophene rings is 1. The molecule has 0 spiro atoms. The van der Waals surface area contributed by atoms with Gasteiger partial charge in [-0.05, 0) is 43.4 Å². The number of aromatic nitrogens is 1. The molecule has 18 heavy (non-hydrogen) atoms. The molecule has 0 fully saturated rings. The molecule has 3 rings (SSSR count). The predicted octanol–water partition coefficient (Wildman–Crippen LogP) is 2.85. The van der Waals surface area contributed by atoms with Crippen LogP contribution in [0, 0.1) is 11.3 Å². The Morgan fingerprint density at radius 1 is 1.33 bits per heavy atom. The highest BCUT2D eigenvalue weighted by Gasteiger charge is 2.16. The number of nitrogens with one attached hydrogen (secondary N) is 1. The second-order valence-electron chi connectivity index (χ2n) is 4.47. The van der Waals surface area contributed by atoms with Crippen LogP contribution in [0.4, 0.5) is 0 Å². The third-order valence-electron chi connectivity index (χ3n) is 3.33. The molecule has 1 aliphatic carbocycles. The van der Waals surface area contributed by atoms with Crippen molar-refractivity contribution >= 4 is 11.3 Å². The third-order valence-corrected chi connectivity index (χ3v) is 4.61. The molecule has 0 atom stereocenters. The van der Waals surface area contributed by atoms with E-state index in [1.54, 1.807) is 17.5 Å². The number of rotatable bonds is 1. The zero-order valence-corrected chi connectivity index (χ0v) is 10.6. The van der Waals surface area contributed by atoms with Crippen molar-refractivity contribution in [3.8, 4) is 16.5 Å². The highest BCUT2D eigenvalue weighted by Crippen LogP contribution is 2.36. The first kappa shape index (κ1) is 11.2. The van der Waals surface area contributed by atoms with Crippen LogP contribution >= 0.6 is 11.3 Å². The van der Waals surface area contributed by atoms with Gasteiger partial charge < -0.3 is 4.98 Å². The van der Waals surface area contributed by atoms with Crippen molar-refractivity contribution in [3.05, 3.63) is 44.7 Å². The molecule has 90 valence electrons. The van der Waals surface area contributed by atoms with E-state index >= 15 is 0 Å². The highest BCUT2D eigenvalue weighted by atomic mass is 32.1. The maximum atomic E-state index is 11.6. The van der Waals surface area contributed by atoms with E-state index in [1.165, 1.54) is 23.3 Å². The first-order valence-corrected chi connectivity index (χ1v) is 6.85. The second kappa shape index (κ2) is 4.43. The van der Waals surface area contributed by atoms with E-state index in [0.29, 0.717) is 0 Å². The molecule has 0 aromatic carbocycles. The monoisotopic (exact) mass is 256 g/mol. The van der Waals surface area contributed by atoms with Crippen LogP contribution in [0.2, 0.25) is 0 Å². The average Bonchev–Trinajstić information content (AvgIpc) is 2.82. The first-order valence-electron chi connectivity index (χ1n) is 6.03. The minimum Gasteiger partial charge on any atom is -0.328 e. The molecule has 0 saturated carbocycles. The third kappa shape index (κ3) is 1.77. The van der Waals surface area contributed by atoms with Gasteiger partial charge in [-0.15, -0.1) is 11.3 Å². The zero-order chi connectivity index (χ0) is 12.5. The summed E-state index contributed by atoms with van der Waals surface area (Å²) in [5.74, 6) is 0. The van der Waals surface area contributed by atoms with Crippen LogP contribution in [-0.4, -0.2) is 4.98 Å². The van der Waals surface area contributed by atoms with Crippen LogP contribution in [0.5, 0.6) is 0 Å². The van der Waals surface area contributed by atoms with E-state index in [1.807, 2.05) is 12.1 Å². The van der Waals surface area contributed by atoms with E-state index in [2.05, 4.69) is 11.1 Å². The molecule has 2 aromatic rings. The molecular weight excluding hydrogens is 244 g/mol. The summed E-state index contributed by atoms with van der Waals surface area (Å²) in [5.41, 5.74) is 2.07. The average molecular weight is 256 g/mol. The zero-order valence-electron chi connectivity index (χ0n) is 9.82. The van der Waals surface area contributed by atoms with Gasteiger partial charge in [-0.1, -0.05) is 0 Å². The number of nitrogens with zero attached hydrogens (tertiary/aromatic N) is 1. The predicted molar refractivity (Wildman–Crippen MR) is 71.7 cm³/mol. The van der Waals surface area contributed by atoms with Gasteiger partial charge in [-0.25, -0.2) is 0 Å². The highest BCUT2D eigenvalue weighted by molar-refractivity contribution is 7.15. The van der Waals surface area contributed by atoms with E-state index in [4.69, 9.17) is 5.26 Å². The number of hydrogen-bond donors (Lipinski definition) is 1. The maximum Gasteiger partial charge on any atom is 0.266 e. The van der Waals surface area contributed by atoms with Crippen LogP contribution in [0.25, 0.3) is 10.4 Å². The van der Waals surface area contributed by atoms with Gasteiger partial charge in [-0.2, -0.15) is 5.26 Å². The summed E-state index contributed by atoms with van der Waals surface area (Å²) in [6.07, 6.45) is 6.34. The Hall–Kier alpha value is -1.86. The van der Waals surface area contributed by atoms with Crippen molar-refractivity contribution in [2.45, 2.75) is 25.7 Å². The molecule has 0 radical (unpaired) electrons. The molecule has 4 heteroatoms. The number of nitriles is 1. The second-order valence-corrected chi connectivity index (χ2v) is 5.61. The molecule has 1 N–H and O–H groups in total. The number of H-pyrrole nitrogens is 1. The lowest BCUT2D eigenvalue weighted by atomic mass is 9.98. The number of hydrogen-bond acceptors (Lipinski definition) is 3. The SMILES string of the molecule is N#Cc1c(-c2cc3c(s2)CCCC3)cc[nH]c1=O.